The highest BCUT2D eigenvalue weighted by Gasteiger charge is 2.09. The van der Waals surface area contributed by atoms with E-state index in [4.69, 9.17) is 5.11 Å². The first-order valence-corrected chi connectivity index (χ1v) is 4.98. The molecule has 15 heavy (non-hydrogen) atoms. The molecule has 0 saturated heterocycles. The van der Waals surface area contributed by atoms with Crippen molar-refractivity contribution in [3.8, 4) is 0 Å². The van der Waals surface area contributed by atoms with Gasteiger partial charge in [-0.15, -0.1) is 0 Å². The van der Waals surface area contributed by atoms with E-state index < -0.39 is 5.97 Å². The van der Waals surface area contributed by atoms with Gasteiger partial charge in [0.15, 0.2) is 0 Å². The Bertz CT molecular complexity index is 515. The first kappa shape index (κ1) is 9.71. The van der Waals surface area contributed by atoms with Crippen molar-refractivity contribution in [1.29, 1.82) is 0 Å². The van der Waals surface area contributed by atoms with Gasteiger partial charge in [0.2, 0.25) is 0 Å². The lowest BCUT2D eigenvalue weighted by Crippen LogP contribution is -1.98. The molecule has 2 aromatic rings. The van der Waals surface area contributed by atoms with Crippen LogP contribution in [0.2, 0.25) is 0 Å². The van der Waals surface area contributed by atoms with Crippen molar-refractivity contribution in [2.45, 2.75) is 13.3 Å². The Balaban J connectivity index is 2.83. The van der Waals surface area contributed by atoms with E-state index in [0.29, 0.717) is 5.56 Å². The number of rotatable bonds is 2. The van der Waals surface area contributed by atoms with E-state index in [-0.39, 0.29) is 0 Å². The van der Waals surface area contributed by atoms with Crippen molar-refractivity contribution in [1.82, 2.24) is 0 Å². The highest BCUT2D eigenvalue weighted by molar-refractivity contribution is 6.04. The molecule has 0 fully saturated rings. The average Bonchev–Trinajstić information content (AvgIpc) is 2.27. The Labute approximate surface area is 88.2 Å². The van der Waals surface area contributed by atoms with Gasteiger partial charge in [-0.25, -0.2) is 4.79 Å². The third kappa shape index (κ3) is 1.59. The van der Waals surface area contributed by atoms with Crippen molar-refractivity contribution < 1.29 is 9.90 Å². The van der Waals surface area contributed by atoms with Gasteiger partial charge in [-0.1, -0.05) is 37.3 Å². The zero-order chi connectivity index (χ0) is 10.8. The van der Waals surface area contributed by atoms with Crippen LogP contribution in [0, 0.1) is 0 Å². The molecule has 0 aromatic heterocycles. The van der Waals surface area contributed by atoms with E-state index in [9.17, 15) is 4.79 Å². The van der Waals surface area contributed by atoms with E-state index in [1.54, 1.807) is 6.07 Å². The quantitative estimate of drug-likeness (QED) is 0.808. The van der Waals surface area contributed by atoms with Gasteiger partial charge in [-0.05, 0) is 28.8 Å². The van der Waals surface area contributed by atoms with E-state index >= 15 is 0 Å². The third-order valence-corrected chi connectivity index (χ3v) is 2.63. The number of aryl methyl sites for hydroxylation is 1. The van der Waals surface area contributed by atoms with Crippen LogP contribution in [0.5, 0.6) is 0 Å². The van der Waals surface area contributed by atoms with Crippen LogP contribution in [0.1, 0.15) is 22.8 Å². The molecule has 2 heteroatoms. The average molecular weight is 200 g/mol. The molecule has 0 radical (unpaired) electrons. The Morgan fingerprint density at radius 2 is 1.80 bits per heavy atom. The molecule has 2 rings (SSSR count). The summed E-state index contributed by atoms with van der Waals surface area (Å²) in [5.74, 6) is -0.867. The first-order valence-electron chi connectivity index (χ1n) is 4.98. The van der Waals surface area contributed by atoms with Crippen molar-refractivity contribution >= 4 is 16.7 Å². The van der Waals surface area contributed by atoms with Gasteiger partial charge in [-0.2, -0.15) is 0 Å². The van der Waals surface area contributed by atoms with Gasteiger partial charge >= 0.3 is 5.97 Å². The van der Waals surface area contributed by atoms with E-state index in [0.717, 1.165) is 17.2 Å². The minimum absolute atomic E-state index is 0.378. The summed E-state index contributed by atoms with van der Waals surface area (Å²) < 4.78 is 0. The number of carboxylic acid groups (broad SMARTS) is 1. The van der Waals surface area contributed by atoms with Gasteiger partial charge < -0.3 is 5.11 Å². The standard InChI is InChI=1S/C13H12O2/c1-2-9-7-8-12(13(14)15)11-6-4-3-5-10(9)11/h3-8H,2H2,1H3,(H,14,15). The maximum absolute atomic E-state index is 11.0. The normalized spacial score (nSPS) is 10.5. The molecule has 0 heterocycles. The highest BCUT2D eigenvalue weighted by Crippen LogP contribution is 2.23. The highest BCUT2D eigenvalue weighted by atomic mass is 16.4. The molecule has 76 valence electrons. The van der Waals surface area contributed by atoms with Crippen molar-refractivity contribution in [3.63, 3.8) is 0 Å². The number of aromatic carboxylic acids is 1. The van der Waals surface area contributed by atoms with Gasteiger partial charge in [0.05, 0.1) is 5.56 Å². The fourth-order valence-corrected chi connectivity index (χ4v) is 1.86. The van der Waals surface area contributed by atoms with E-state index in [2.05, 4.69) is 6.92 Å². The Kier molecular flexibility index (Phi) is 2.42. The molecular formula is C13H12O2. The first-order chi connectivity index (χ1) is 7.24. The van der Waals surface area contributed by atoms with Crippen molar-refractivity contribution in [2.24, 2.45) is 0 Å². The number of hydrogen-bond donors (Lipinski definition) is 1. The smallest absolute Gasteiger partial charge is 0.336 e. The predicted molar refractivity (Wildman–Crippen MR) is 60.3 cm³/mol. The summed E-state index contributed by atoms with van der Waals surface area (Å²) in [5.41, 5.74) is 1.57. The molecule has 0 bridgehead atoms. The van der Waals surface area contributed by atoms with Crippen LogP contribution in [0.15, 0.2) is 36.4 Å². The third-order valence-electron chi connectivity index (χ3n) is 2.63. The van der Waals surface area contributed by atoms with Crippen LogP contribution in [0.25, 0.3) is 10.8 Å². The molecule has 1 N–H and O–H groups in total. The summed E-state index contributed by atoms with van der Waals surface area (Å²) in [6.07, 6.45) is 0.917. The predicted octanol–water partition coefficient (Wildman–Crippen LogP) is 3.10. The van der Waals surface area contributed by atoms with Crippen LogP contribution < -0.4 is 0 Å². The Morgan fingerprint density at radius 3 is 2.40 bits per heavy atom. The van der Waals surface area contributed by atoms with Gasteiger partial charge in [-0.3, -0.25) is 0 Å². The molecular weight excluding hydrogens is 188 g/mol. The van der Waals surface area contributed by atoms with Gasteiger partial charge in [0.25, 0.3) is 0 Å². The zero-order valence-electron chi connectivity index (χ0n) is 8.53. The fraction of sp³-hybridized carbons (Fsp3) is 0.154. The summed E-state index contributed by atoms with van der Waals surface area (Å²) >= 11 is 0. The van der Waals surface area contributed by atoms with Crippen LogP contribution in [-0.2, 0) is 6.42 Å². The molecule has 0 amide bonds. The van der Waals surface area contributed by atoms with Gasteiger partial charge in [0, 0.05) is 0 Å². The molecule has 0 aliphatic heterocycles. The number of fused-ring (bicyclic) bond motifs is 1. The molecule has 0 spiro atoms. The molecule has 2 nitrogen and oxygen atoms in total. The summed E-state index contributed by atoms with van der Waals surface area (Å²) in [5, 5.41) is 10.9. The summed E-state index contributed by atoms with van der Waals surface area (Å²) in [4.78, 5) is 11.0. The molecule has 0 atom stereocenters. The monoisotopic (exact) mass is 200 g/mol. The van der Waals surface area contributed by atoms with Crippen LogP contribution in [0.4, 0.5) is 0 Å². The maximum Gasteiger partial charge on any atom is 0.336 e. The van der Waals surface area contributed by atoms with Crippen LogP contribution in [-0.4, -0.2) is 11.1 Å². The second kappa shape index (κ2) is 3.73. The molecule has 0 saturated carbocycles. The summed E-state index contributed by atoms with van der Waals surface area (Å²) in [6, 6.07) is 11.2. The zero-order valence-corrected chi connectivity index (χ0v) is 8.53. The lowest BCUT2D eigenvalue weighted by Gasteiger charge is -2.06. The van der Waals surface area contributed by atoms with E-state index in [1.165, 1.54) is 5.56 Å². The number of carbonyl (C=O) groups is 1. The second-order valence-corrected chi connectivity index (χ2v) is 3.48. The molecule has 0 unspecified atom stereocenters. The molecule has 2 aromatic carbocycles. The topological polar surface area (TPSA) is 37.3 Å². The number of carboxylic acids is 1. The summed E-state index contributed by atoms with van der Waals surface area (Å²) in [6.45, 7) is 2.07. The van der Waals surface area contributed by atoms with Crippen LogP contribution in [0.3, 0.4) is 0 Å². The minimum atomic E-state index is -0.867. The maximum atomic E-state index is 11.0. The second-order valence-electron chi connectivity index (χ2n) is 3.48. The lowest BCUT2D eigenvalue weighted by molar-refractivity contribution is 0.0699. The lowest BCUT2D eigenvalue weighted by atomic mass is 9.98. The fourth-order valence-electron chi connectivity index (χ4n) is 1.86. The SMILES string of the molecule is CCc1ccc(C(=O)O)c2ccccc12. The van der Waals surface area contributed by atoms with Crippen molar-refractivity contribution in [2.75, 3.05) is 0 Å². The van der Waals surface area contributed by atoms with Crippen molar-refractivity contribution in [3.05, 3.63) is 47.5 Å². The summed E-state index contributed by atoms with van der Waals surface area (Å²) in [7, 11) is 0. The number of hydrogen-bond acceptors (Lipinski definition) is 1. The van der Waals surface area contributed by atoms with Crippen LogP contribution >= 0.6 is 0 Å². The van der Waals surface area contributed by atoms with E-state index in [1.807, 2.05) is 30.3 Å². The Morgan fingerprint density at radius 1 is 1.13 bits per heavy atom. The molecule has 0 aliphatic rings. The largest absolute Gasteiger partial charge is 0.478 e. The Hall–Kier alpha value is -1.83. The molecule has 0 aliphatic carbocycles. The number of benzene rings is 2. The minimum Gasteiger partial charge on any atom is -0.478 e. The van der Waals surface area contributed by atoms with Gasteiger partial charge in [0.1, 0.15) is 0 Å².